The van der Waals surface area contributed by atoms with E-state index in [1.165, 1.54) is 23.5 Å². The first-order chi connectivity index (χ1) is 15.5. The molecule has 1 radical (unpaired) electrons. The minimum atomic E-state index is -0.273. The van der Waals surface area contributed by atoms with Gasteiger partial charge in [0.25, 0.3) is 5.91 Å². The molecule has 7 nitrogen and oxygen atoms in total. The monoisotopic (exact) mass is 449 g/mol. The number of fused-ring (bicyclic) bond motifs is 1. The topological polar surface area (TPSA) is 66.3 Å². The number of piperazine rings is 1. The highest BCUT2D eigenvalue weighted by molar-refractivity contribution is 7.13. The predicted molar refractivity (Wildman–Crippen MR) is 124 cm³/mol. The van der Waals surface area contributed by atoms with Gasteiger partial charge in [0, 0.05) is 57.0 Å². The number of aromatic nitrogens is 3. The Balaban J connectivity index is 1.18. The molecule has 163 valence electrons. The number of rotatable bonds is 5. The standard InChI is InChI=1S/C23H22FN6OS/c1-28-14-17-12-19(6-7-20(17)27-28)25-22(31)21-15-32-23(26-21)30-10-8-29(9-11-30)13-16-2-4-18(24)5-3-16/h2-7,12,14H,8-11,13H2,1H3,(H,25,31). The SMILES string of the molecule is Cn1cc2cc(NC(=O)c3[c]sc(N4CCN(Cc5ccc(F)cc5)CC4)n3)ccc2n1. The van der Waals surface area contributed by atoms with Gasteiger partial charge in [-0.1, -0.05) is 23.5 Å². The number of halogens is 1. The molecule has 32 heavy (non-hydrogen) atoms. The smallest absolute Gasteiger partial charge is 0.275 e. The first-order valence-electron chi connectivity index (χ1n) is 10.4. The van der Waals surface area contributed by atoms with Gasteiger partial charge in [-0.2, -0.15) is 5.10 Å². The summed E-state index contributed by atoms with van der Waals surface area (Å²) in [7, 11) is 1.87. The summed E-state index contributed by atoms with van der Waals surface area (Å²) in [5.74, 6) is -0.484. The summed E-state index contributed by atoms with van der Waals surface area (Å²) in [6.07, 6.45) is 1.91. The zero-order valence-corrected chi connectivity index (χ0v) is 18.4. The van der Waals surface area contributed by atoms with Crippen LogP contribution in [0.25, 0.3) is 10.9 Å². The van der Waals surface area contributed by atoms with Crippen molar-refractivity contribution in [2.24, 2.45) is 7.05 Å². The van der Waals surface area contributed by atoms with Crippen molar-refractivity contribution in [3.05, 3.63) is 71.1 Å². The van der Waals surface area contributed by atoms with E-state index in [0.29, 0.717) is 11.4 Å². The number of nitrogens with one attached hydrogen (secondary N) is 1. The number of hydrogen-bond donors (Lipinski definition) is 1. The Morgan fingerprint density at radius 1 is 1.16 bits per heavy atom. The van der Waals surface area contributed by atoms with Crippen LogP contribution in [0.3, 0.4) is 0 Å². The van der Waals surface area contributed by atoms with E-state index in [1.807, 2.05) is 43.6 Å². The quantitative estimate of drug-likeness (QED) is 0.505. The molecule has 0 aliphatic carbocycles. The average Bonchev–Trinajstić information content (AvgIpc) is 3.42. The number of thiazole rings is 1. The summed E-state index contributed by atoms with van der Waals surface area (Å²) < 4.78 is 14.8. The fraction of sp³-hybridized carbons (Fsp3) is 0.261. The third-order valence-electron chi connectivity index (χ3n) is 5.50. The lowest BCUT2D eigenvalue weighted by atomic mass is 10.2. The largest absolute Gasteiger partial charge is 0.345 e. The maximum atomic E-state index is 13.1. The van der Waals surface area contributed by atoms with Crippen LogP contribution in [0.15, 0.2) is 48.7 Å². The predicted octanol–water partition coefficient (Wildman–Crippen LogP) is 3.54. The number of aryl methyl sites for hydroxylation is 1. The van der Waals surface area contributed by atoms with Gasteiger partial charge < -0.3 is 10.2 Å². The van der Waals surface area contributed by atoms with Crippen molar-refractivity contribution < 1.29 is 9.18 Å². The van der Waals surface area contributed by atoms with E-state index >= 15 is 0 Å². The van der Waals surface area contributed by atoms with Crippen LogP contribution < -0.4 is 10.2 Å². The molecular weight excluding hydrogens is 427 g/mol. The van der Waals surface area contributed by atoms with Gasteiger partial charge in [-0.25, -0.2) is 9.37 Å². The van der Waals surface area contributed by atoms with Crippen LogP contribution in [0.1, 0.15) is 16.1 Å². The fourth-order valence-electron chi connectivity index (χ4n) is 3.83. The van der Waals surface area contributed by atoms with Crippen molar-refractivity contribution in [1.29, 1.82) is 0 Å². The minimum Gasteiger partial charge on any atom is -0.345 e. The number of benzene rings is 2. The molecule has 1 saturated heterocycles. The molecule has 1 aliphatic rings. The van der Waals surface area contributed by atoms with Crippen LogP contribution in [0.2, 0.25) is 0 Å². The number of hydrogen-bond acceptors (Lipinski definition) is 6. The average molecular weight is 450 g/mol. The zero-order valence-electron chi connectivity index (χ0n) is 17.6. The molecule has 0 atom stereocenters. The third kappa shape index (κ3) is 4.49. The molecule has 4 aromatic rings. The van der Waals surface area contributed by atoms with Crippen LogP contribution in [-0.2, 0) is 13.6 Å². The molecule has 2 aromatic heterocycles. The van der Waals surface area contributed by atoms with Crippen LogP contribution in [0, 0.1) is 11.2 Å². The second kappa shape index (κ2) is 8.68. The van der Waals surface area contributed by atoms with Crippen molar-refractivity contribution in [3.8, 4) is 0 Å². The number of anilines is 2. The normalized spacial score (nSPS) is 14.8. The maximum absolute atomic E-state index is 13.1. The molecule has 0 bridgehead atoms. The summed E-state index contributed by atoms with van der Waals surface area (Å²) in [6.45, 7) is 4.20. The van der Waals surface area contributed by atoms with E-state index in [1.54, 1.807) is 4.68 Å². The lowest BCUT2D eigenvalue weighted by molar-refractivity contribution is 0.102. The van der Waals surface area contributed by atoms with E-state index in [0.717, 1.165) is 54.3 Å². The molecule has 1 N–H and O–H groups in total. The van der Waals surface area contributed by atoms with Gasteiger partial charge in [0.05, 0.1) is 10.9 Å². The maximum Gasteiger partial charge on any atom is 0.275 e. The molecule has 1 aliphatic heterocycles. The van der Waals surface area contributed by atoms with E-state index in [-0.39, 0.29) is 11.7 Å². The second-order valence-electron chi connectivity index (χ2n) is 7.87. The Labute approximate surface area is 189 Å². The van der Waals surface area contributed by atoms with Gasteiger partial charge in [0.1, 0.15) is 5.82 Å². The van der Waals surface area contributed by atoms with E-state index in [2.05, 4.69) is 30.6 Å². The Kier molecular flexibility index (Phi) is 5.59. The van der Waals surface area contributed by atoms with Crippen LogP contribution >= 0.6 is 11.3 Å². The number of nitrogens with zero attached hydrogens (tertiary/aromatic N) is 5. The van der Waals surface area contributed by atoms with E-state index in [9.17, 15) is 9.18 Å². The van der Waals surface area contributed by atoms with Crippen molar-refractivity contribution in [1.82, 2.24) is 19.7 Å². The Morgan fingerprint density at radius 3 is 2.72 bits per heavy atom. The fourth-order valence-corrected chi connectivity index (χ4v) is 4.60. The Hall–Kier alpha value is -3.30. The van der Waals surface area contributed by atoms with Gasteiger partial charge in [0.2, 0.25) is 0 Å². The molecule has 5 rings (SSSR count). The van der Waals surface area contributed by atoms with Gasteiger partial charge in [-0.05, 0) is 35.9 Å². The summed E-state index contributed by atoms with van der Waals surface area (Å²) >= 11 is 1.36. The molecule has 0 spiro atoms. The molecule has 9 heteroatoms. The highest BCUT2D eigenvalue weighted by atomic mass is 32.1. The third-order valence-corrected chi connectivity index (χ3v) is 6.33. The molecule has 1 fully saturated rings. The molecule has 1 amide bonds. The lowest BCUT2D eigenvalue weighted by Crippen LogP contribution is -2.46. The van der Waals surface area contributed by atoms with Crippen molar-refractivity contribution in [2.45, 2.75) is 6.54 Å². The molecule has 3 heterocycles. The number of carbonyl (C=O) groups excluding carboxylic acids is 1. The van der Waals surface area contributed by atoms with Crippen LogP contribution in [0.4, 0.5) is 15.2 Å². The molecular formula is C23H22FN6OS. The van der Waals surface area contributed by atoms with E-state index in [4.69, 9.17) is 0 Å². The molecule has 2 aromatic carbocycles. The highest BCUT2D eigenvalue weighted by Gasteiger charge is 2.21. The van der Waals surface area contributed by atoms with Gasteiger partial charge in [-0.15, -0.1) is 0 Å². The number of amides is 1. The zero-order chi connectivity index (χ0) is 22.1. The van der Waals surface area contributed by atoms with Crippen LogP contribution in [0.5, 0.6) is 0 Å². The summed E-state index contributed by atoms with van der Waals surface area (Å²) in [6, 6.07) is 12.3. The van der Waals surface area contributed by atoms with Crippen molar-refractivity contribution >= 4 is 39.0 Å². The first kappa shape index (κ1) is 20.6. The number of carbonyl (C=O) groups is 1. The summed E-state index contributed by atoms with van der Waals surface area (Å²) in [5, 5.41) is 12.0. The lowest BCUT2D eigenvalue weighted by Gasteiger charge is -2.34. The Bertz CT molecular complexity index is 1240. The van der Waals surface area contributed by atoms with Crippen molar-refractivity contribution in [3.63, 3.8) is 0 Å². The van der Waals surface area contributed by atoms with Crippen LogP contribution in [-0.4, -0.2) is 51.8 Å². The van der Waals surface area contributed by atoms with Gasteiger partial charge in [-0.3, -0.25) is 14.4 Å². The molecule has 0 saturated carbocycles. The van der Waals surface area contributed by atoms with Crippen molar-refractivity contribution in [2.75, 3.05) is 36.4 Å². The second-order valence-corrected chi connectivity index (χ2v) is 8.64. The summed E-state index contributed by atoms with van der Waals surface area (Å²) in [4.78, 5) is 21.7. The molecule has 0 unspecified atom stereocenters. The Morgan fingerprint density at radius 2 is 1.94 bits per heavy atom. The summed E-state index contributed by atoms with van der Waals surface area (Å²) in [5.41, 5.74) is 2.98. The first-order valence-corrected chi connectivity index (χ1v) is 11.2. The van der Waals surface area contributed by atoms with Gasteiger partial charge >= 0.3 is 0 Å². The van der Waals surface area contributed by atoms with Gasteiger partial charge in [0.15, 0.2) is 10.8 Å². The van der Waals surface area contributed by atoms with E-state index < -0.39 is 0 Å². The highest BCUT2D eigenvalue weighted by Crippen LogP contribution is 2.23. The minimum absolute atomic E-state index is 0.212.